The van der Waals surface area contributed by atoms with Crippen molar-refractivity contribution in [3.8, 4) is 11.1 Å². The standard InChI is InChI=1S/C20H15.CH3.Zr/c1-14-12-16-8-5-11-19(20(16)13-14)18-10-4-7-15-6-2-3-9-17(15)18;;/h2-13H,1H3;1H3;/q2*-1;+2. The summed E-state index contributed by atoms with van der Waals surface area (Å²) in [6.07, 6.45) is 0. The Morgan fingerprint density at radius 2 is 1.36 bits per heavy atom. The molecule has 0 aliphatic carbocycles. The fourth-order valence-corrected chi connectivity index (χ4v) is 3.08. The van der Waals surface area contributed by atoms with Crippen molar-refractivity contribution in [1.82, 2.24) is 0 Å². The van der Waals surface area contributed by atoms with Crippen LogP contribution < -0.4 is 0 Å². The van der Waals surface area contributed by atoms with Crippen LogP contribution in [0, 0.1) is 14.4 Å². The van der Waals surface area contributed by atoms with Gasteiger partial charge in [0.05, 0.1) is 0 Å². The zero-order chi connectivity index (χ0) is 13.5. The van der Waals surface area contributed by atoms with E-state index in [9.17, 15) is 0 Å². The maximum absolute atomic E-state index is 2.28. The second kappa shape index (κ2) is 6.67. The molecule has 0 nitrogen and oxygen atoms in total. The first-order valence-electron chi connectivity index (χ1n) is 6.97. The van der Waals surface area contributed by atoms with Crippen LogP contribution in [-0.4, -0.2) is 0 Å². The second-order valence-corrected chi connectivity index (χ2v) is 5.37. The van der Waals surface area contributed by atoms with Crippen LogP contribution in [0.4, 0.5) is 0 Å². The first-order chi connectivity index (χ1) is 9.83. The van der Waals surface area contributed by atoms with Gasteiger partial charge in [-0.05, 0) is 16.3 Å². The summed E-state index contributed by atoms with van der Waals surface area (Å²) in [6, 6.07) is 26.2. The Bertz CT molecular complexity index is 910. The van der Waals surface area contributed by atoms with Gasteiger partial charge < -0.3 is 7.43 Å². The van der Waals surface area contributed by atoms with Gasteiger partial charge in [0.1, 0.15) is 0 Å². The zero-order valence-electron chi connectivity index (χ0n) is 12.9. The normalized spacial score (nSPS) is 10.2. The number of benzene rings is 3. The van der Waals surface area contributed by atoms with E-state index >= 15 is 0 Å². The van der Waals surface area contributed by atoms with Crippen molar-refractivity contribution in [2.45, 2.75) is 6.92 Å². The number of hydrogen-bond acceptors (Lipinski definition) is 0. The van der Waals surface area contributed by atoms with Crippen LogP contribution in [0.3, 0.4) is 0 Å². The summed E-state index contributed by atoms with van der Waals surface area (Å²) in [5.41, 5.74) is 3.97. The molecule has 0 heterocycles. The molecule has 22 heavy (non-hydrogen) atoms. The van der Waals surface area contributed by atoms with Gasteiger partial charge in [-0.1, -0.05) is 61.0 Å². The van der Waals surface area contributed by atoms with E-state index in [1.54, 1.807) is 0 Å². The van der Waals surface area contributed by atoms with Gasteiger partial charge in [0.2, 0.25) is 0 Å². The third-order valence-electron chi connectivity index (χ3n) is 3.97. The summed E-state index contributed by atoms with van der Waals surface area (Å²) >= 11 is 0. The molecular formula is C21H18Zr. The van der Waals surface area contributed by atoms with Crippen LogP contribution >= 0.6 is 0 Å². The van der Waals surface area contributed by atoms with Gasteiger partial charge >= 0.3 is 26.2 Å². The number of aryl methyl sites for hydroxylation is 1. The predicted molar refractivity (Wildman–Crippen MR) is 93.6 cm³/mol. The first-order valence-corrected chi connectivity index (χ1v) is 6.97. The van der Waals surface area contributed by atoms with Crippen LogP contribution in [0.5, 0.6) is 0 Å². The summed E-state index contributed by atoms with van der Waals surface area (Å²) in [7, 11) is 0. The Kier molecular flexibility index (Phi) is 5.09. The van der Waals surface area contributed by atoms with Crippen LogP contribution in [0.1, 0.15) is 5.56 Å². The predicted octanol–water partition coefficient (Wildman–Crippen LogP) is 6.14. The molecule has 0 fully saturated rings. The molecule has 4 aromatic rings. The first kappa shape index (κ1) is 16.8. The fourth-order valence-electron chi connectivity index (χ4n) is 3.08. The molecule has 0 aromatic heterocycles. The van der Waals surface area contributed by atoms with Crippen molar-refractivity contribution < 1.29 is 26.2 Å². The van der Waals surface area contributed by atoms with Crippen LogP contribution in [0.2, 0.25) is 0 Å². The minimum absolute atomic E-state index is 0. The summed E-state index contributed by atoms with van der Waals surface area (Å²) in [5.74, 6) is 0. The van der Waals surface area contributed by atoms with Crippen LogP contribution in [0.25, 0.3) is 32.7 Å². The maximum Gasteiger partial charge on any atom is 2.00 e. The average molecular weight is 362 g/mol. The molecule has 0 aliphatic heterocycles. The summed E-state index contributed by atoms with van der Waals surface area (Å²) in [6.45, 7) is 2.16. The van der Waals surface area contributed by atoms with E-state index in [1.807, 2.05) is 0 Å². The number of rotatable bonds is 1. The molecule has 106 valence electrons. The van der Waals surface area contributed by atoms with Gasteiger partial charge in [-0.3, -0.25) is 0 Å². The van der Waals surface area contributed by atoms with E-state index < -0.39 is 0 Å². The molecular weight excluding hydrogens is 343 g/mol. The molecule has 0 unspecified atom stereocenters. The largest absolute Gasteiger partial charge is 2.00 e. The molecule has 0 radical (unpaired) electrons. The van der Waals surface area contributed by atoms with Gasteiger partial charge in [-0.2, -0.15) is 6.07 Å². The van der Waals surface area contributed by atoms with Gasteiger partial charge in [-0.25, -0.2) is 0 Å². The molecule has 0 saturated carbocycles. The van der Waals surface area contributed by atoms with E-state index in [4.69, 9.17) is 0 Å². The summed E-state index contributed by atoms with van der Waals surface area (Å²) < 4.78 is 0. The topological polar surface area (TPSA) is 0 Å². The van der Waals surface area contributed by atoms with Gasteiger partial charge in [-0.15, -0.1) is 34.5 Å². The van der Waals surface area contributed by atoms with E-state index in [0.29, 0.717) is 0 Å². The molecule has 4 aromatic carbocycles. The van der Waals surface area contributed by atoms with Crippen molar-refractivity contribution in [2.75, 3.05) is 0 Å². The second-order valence-electron chi connectivity index (χ2n) is 5.37. The van der Waals surface area contributed by atoms with Crippen molar-refractivity contribution >= 4 is 21.5 Å². The van der Waals surface area contributed by atoms with Crippen molar-refractivity contribution in [2.24, 2.45) is 0 Å². The third-order valence-corrected chi connectivity index (χ3v) is 3.97. The molecule has 0 aliphatic rings. The van der Waals surface area contributed by atoms with Gasteiger partial charge in [0, 0.05) is 0 Å². The summed E-state index contributed by atoms with van der Waals surface area (Å²) in [4.78, 5) is 0. The van der Waals surface area contributed by atoms with E-state index in [1.165, 1.54) is 38.2 Å². The van der Waals surface area contributed by atoms with E-state index in [-0.39, 0.29) is 33.6 Å². The Morgan fingerprint density at radius 3 is 2.18 bits per heavy atom. The molecule has 0 amide bonds. The Morgan fingerprint density at radius 1 is 0.727 bits per heavy atom. The zero-order valence-corrected chi connectivity index (χ0v) is 15.4. The average Bonchev–Trinajstić information content (AvgIpc) is 2.87. The Balaban J connectivity index is 0.000000882. The Hall–Kier alpha value is -1.59. The van der Waals surface area contributed by atoms with Crippen molar-refractivity contribution in [3.05, 3.63) is 85.8 Å². The van der Waals surface area contributed by atoms with Gasteiger partial charge in [0.15, 0.2) is 0 Å². The van der Waals surface area contributed by atoms with Crippen molar-refractivity contribution in [1.29, 1.82) is 0 Å². The molecule has 0 saturated heterocycles. The van der Waals surface area contributed by atoms with Gasteiger partial charge in [0.25, 0.3) is 0 Å². The molecule has 0 bridgehead atoms. The van der Waals surface area contributed by atoms with Crippen LogP contribution in [0.15, 0.2) is 72.8 Å². The smallest absolute Gasteiger partial charge is 0.358 e. The SMILES string of the molecule is Cc1cc2c(-c3cccc4ccccc34)cccc2[cH-]1.[CH3-].[Zr+2]. The molecule has 0 atom stereocenters. The van der Waals surface area contributed by atoms with Crippen LogP contribution in [-0.2, 0) is 26.2 Å². The quantitative estimate of drug-likeness (QED) is 0.357. The molecule has 0 N–H and O–H groups in total. The monoisotopic (exact) mass is 360 g/mol. The third kappa shape index (κ3) is 2.71. The minimum Gasteiger partial charge on any atom is -0.358 e. The van der Waals surface area contributed by atoms with Crippen molar-refractivity contribution in [3.63, 3.8) is 0 Å². The molecule has 1 heteroatoms. The molecule has 0 spiro atoms. The summed E-state index contributed by atoms with van der Waals surface area (Å²) in [5, 5.41) is 5.29. The van der Waals surface area contributed by atoms with E-state index in [0.717, 1.165) is 0 Å². The van der Waals surface area contributed by atoms with E-state index in [2.05, 4.69) is 79.7 Å². The number of fused-ring (bicyclic) bond motifs is 2. The molecule has 4 rings (SSSR count). The fraction of sp³-hybridized carbons (Fsp3) is 0.0476. The minimum atomic E-state index is 0. The number of hydrogen-bond donors (Lipinski definition) is 0. The maximum atomic E-state index is 2.28. The Labute approximate surface area is 151 Å².